The third kappa shape index (κ3) is 3.43. The summed E-state index contributed by atoms with van der Waals surface area (Å²) in [5.41, 5.74) is 3.85. The van der Waals surface area contributed by atoms with Crippen molar-refractivity contribution in [3.63, 3.8) is 0 Å². The van der Waals surface area contributed by atoms with E-state index in [1.54, 1.807) is 6.92 Å². The fraction of sp³-hybridized carbons (Fsp3) is 0.500. The molecule has 1 aromatic carbocycles. The Kier molecular flexibility index (Phi) is 4.98. The van der Waals surface area contributed by atoms with Gasteiger partial charge in [-0.3, -0.25) is 20.4 Å². The van der Waals surface area contributed by atoms with Crippen LogP contribution < -0.4 is 10.9 Å². The second-order valence-corrected chi connectivity index (χ2v) is 10.2. The van der Waals surface area contributed by atoms with Gasteiger partial charge in [-0.15, -0.1) is 23.2 Å². The molecule has 1 heterocycles. The standard InChI is InChI=1S/C16H19Cl2N3O4S/c1-15(10-16(15,17)18)14(23)20-19-13(22)11-4-6-12(7-5-11)26(24,25)21-8-2-3-9-21/h4-7H,2-3,8-10H2,1H3,(H,19,22)(H,20,23). The Hall–Kier alpha value is -1.35. The molecule has 7 nitrogen and oxygen atoms in total. The number of hydrogen-bond donors (Lipinski definition) is 2. The highest BCUT2D eigenvalue weighted by Gasteiger charge is 2.68. The summed E-state index contributed by atoms with van der Waals surface area (Å²) in [6.07, 6.45) is 2.00. The number of nitrogens with zero attached hydrogens (tertiary/aromatic N) is 1. The highest BCUT2D eigenvalue weighted by atomic mass is 35.5. The van der Waals surface area contributed by atoms with Crippen molar-refractivity contribution in [3.8, 4) is 0 Å². The predicted octanol–water partition coefficient (Wildman–Crippen LogP) is 1.82. The lowest BCUT2D eigenvalue weighted by Crippen LogP contribution is -2.45. The molecule has 1 aromatic rings. The molecule has 3 rings (SSSR count). The zero-order chi connectivity index (χ0) is 19.2. The monoisotopic (exact) mass is 419 g/mol. The minimum Gasteiger partial charge on any atom is -0.273 e. The van der Waals surface area contributed by atoms with Crippen molar-refractivity contribution in [2.24, 2.45) is 5.41 Å². The molecule has 0 spiro atoms. The van der Waals surface area contributed by atoms with Gasteiger partial charge in [0.25, 0.3) is 5.91 Å². The molecule has 0 radical (unpaired) electrons. The van der Waals surface area contributed by atoms with Crippen LogP contribution in [0.1, 0.15) is 36.5 Å². The van der Waals surface area contributed by atoms with Crippen molar-refractivity contribution in [3.05, 3.63) is 29.8 Å². The van der Waals surface area contributed by atoms with E-state index in [0.717, 1.165) is 12.8 Å². The van der Waals surface area contributed by atoms with E-state index in [2.05, 4.69) is 10.9 Å². The van der Waals surface area contributed by atoms with Crippen molar-refractivity contribution in [2.75, 3.05) is 13.1 Å². The third-order valence-corrected chi connectivity index (χ3v) is 7.88. The fourth-order valence-electron chi connectivity index (χ4n) is 2.83. The number of rotatable bonds is 4. The molecule has 2 N–H and O–H groups in total. The van der Waals surface area contributed by atoms with E-state index < -0.39 is 31.6 Å². The van der Waals surface area contributed by atoms with Crippen molar-refractivity contribution in [2.45, 2.75) is 35.4 Å². The average molecular weight is 420 g/mol. The molecule has 10 heteroatoms. The van der Waals surface area contributed by atoms with E-state index in [4.69, 9.17) is 23.2 Å². The van der Waals surface area contributed by atoms with Gasteiger partial charge >= 0.3 is 0 Å². The van der Waals surface area contributed by atoms with Gasteiger partial charge in [0.1, 0.15) is 4.33 Å². The third-order valence-electron chi connectivity index (χ3n) is 4.87. The van der Waals surface area contributed by atoms with Gasteiger partial charge in [0, 0.05) is 18.7 Å². The molecule has 0 aromatic heterocycles. The highest BCUT2D eigenvalue weighted by Crippen LogP contribution is 2.63. The number of carbonyl (C=O) groups excluding carboxylic acids is 2. The van der Waals surface area contributed by atoms with Crippen molar-refractivity contribution in [1.29, 1.82) is 0 Å². The zero-order valence-corrected chi connectivity index (χ0v) is 16.4. The molecule has 1 saturated heterocycles. The van der Waals surface area contributed by atoms with Gasteiger partial charge in [-0.2, -0.15) is 4.31 Å². The summed E-state index contributed by atoms with van der Waals surface area (Å²) in [6, 6.07) is 5.57. The lowest BCUT2D eigenvalue weighted by Gasteiger charge is -2.16. The van der Waals surface area contributed by atoms with Gasteiger partial charge in [-0.1, -0.05) is 0 Å². The van der Waals surface area contributed by atoms with Crippen LogP contribution in [0.4, 0.5) is 0 Å². The Morgan fingerprint density at radius 1 is 1.08 bits per heavy atom. The first-order chi connectivity index (χ1) is 12.1. The topological polar surface area (TPSA) is 95.6 Å². The van der Waals surface area contributed by atoms with Crippen LogP contribution >= 0.6 is 23.2 Å². The number of alkyl halides is 2. The first-order valence-corrected chi connectivity index (χ1v) is 10.4. The summed E-state index contributed by atoms with van der Waals surface area (Å²) in [4.78, 5) is 24.3. The molecule has 26 heavy (non-hydrogen) atoms. The summed E-state index contributed by atoms with van der Waals surface area (Å²) in [5.74, 6) is -1.05. The average Bonchev–Trinajstić information content (AvgIpc) is 3.00. The normalized spacial score (nSPS) is 24.9. The summed E-state index contributed by atoms with van der Waals surface area (Å²) >= 11 is 11.8. The quantitative estimate of drug-likeness (QED) is 0.574. The summed E-state index contributed by atoms with van der Waals surface area (Å²) in [6.45, 7) is 2.63. The van der Waals surface area contributed by atoms with Crippen LogP contribution in [-0.2, 0) is 14.8 Å². The Bertz CT molecular complexity index is 836. The second-order valence-electron chi connectivity index (χ2n) is 6.76. The number of hydrogen-bond acceptors (Lipinski definition) is 4. The van der Waals surface area contributed by atoms with Gasteiger partial charge in [0.2, 0.25) is 15.9 Å². The minimum atomic E-state index is -3.53. The van der Waals surface area contributed by atoms with Crippen LogP contribution in [0.3, 0.4) is 0 Å². The molecule has 1 saturated carbocycles. The van der Waals surface area contributed by atoms with Crippen molar-refractivity contribution in [1.82, 2.24) is 15.2 Å². The fourth-order valence-corrected chi connectivity index (χ4v) is 5.05. The van der Waals surface area contributed by atoms with Gasteiger partial charge in [0.15, 0.2) is 0 Å². The van der Waals surface area contributed by atoms with Crippen LogP contribution in [0, 0.1) is 5.41 Å². The van der Waals surface area contributed by atoms with E-state index in [-0.39, 0.29) is 10.5 Å². The Balaban J connectivity index is 1.62. The van der Waals surface area contributed by atoms with E-state index >= 15 is 0 Å². The maximum atomic E-state index is 12.5. The SMILES string of the molecule is CC1(C(=O)NNC(=O)c2ccc(S(=O)(=O)N3CCCC3)cc2)CC1(Cl)Cl. The molecule has 1 unspecified atom stereocenters. The molecule has 0 bridgehead atoms. The Morgan fingerprint density at radius 2 is 1.62 bits per heavy atom. The number of hydrazine groups is 1. The summed E-state index contributed by atoms with van der Waals surface area (Å²) in [5, 5.41) is 0. The largest absolute Gasteiger partial charge is 0.273 e. The van der Waals surface area contributed by atoms with Gasteiger partial charge in [-0.25, -0.2) is 8.42 Å². The zero-order valence-electron chi connectivity index (χ0n) is 14.1. The smallest absolute Gasteiger partial charge is 0.269 e. The first-order valence-electron chi connectivity index (χ1n) is 8.17. The van der Waals surface area contributed by atoms with Crippen LogP contribution in [-0.4, -0.2) is 42.0 Å². The molecule has 2 amide bonds. The minimum absolute atomic E-state index is 0.138. The molecule has 2 aliphatic rings. The lowest BCUT2D eigenvalue weighted by atomic mass is 10.1. The summed E-state index contributed by atoms with van der Waals surface area (Å²) in [7, 11) is -3.53. The summed E-state index contributed by atoms with van der Waals surface area (Å²) < 4.78 is 25.2. The van der Waals surface area contributed by atoms with Gasteiger partial charge in [0.05, 0.1) is 10.3 Å². The van der Waals surface area contributed by atoms with Crippen LogP contribution in [0.2, 0.25) is 0 Å². The van der Waals surface area contributed by atoms with E-state index in [1.807, 2.05) is 0 Å². The van der Waals surface area contributed by atoms with Crippen LogP contribution in [0.5, 0.6) is 0 Å². The molecular formula is C16H19Cl2N3O4S. The molecular weight excluding hydrogens is 401 g/mol. The molecule has 1 atom stereocenters. The maximum absolute atomic E-state index is 12.5. The molecule has 1 aliphatic heterocycles. The predicted molar refractivity (Wildman–Crippen MR) is 97.2 cm³/mol. The Labute approximate surface area is 162 Å². The number of halogens is 2. The molecule has 1 aliphatic carbocycles. The first kappa shape index (κ1) is 19.4. The lowest BCUT2D eigenvalue weighted by molar-refractivity contribution is -0.126. The maximum Gasteiger partial charge on any atom is 0.269 e. The van der Waals surface area contributed by atoms with E-state index in [0.29, 0.717) is 19.5 Å². The van der Waals surface area contributed by atoms with Crippen molar-refractivity contribution < 1.29 is 18.0 Å². The molecule has 2 fully saturated rings. The number of amides is 2. The van der Waals surface area contributed by atoms with Gasteiger partial charge in [-0.05, 0) is 50.5 Å². The number of sulfonamides is 1. The number of benzene rings is 1. The van der Waals surface area contributed by atoms with Crippen LogP contribution in [0.15, 0.2) is 29.2 Å². The van der Waals surface area contributed by atoms with E-state index in [1.165, 1.54) is 28.6 Å². The van der Waals surface area contributed by atoms with Gasteiger partial charge < -0.3 is 0 Å². The van der Waals surface area contributed by atoms with Crippen LogP contribution in [0.25, 0.3) is 0 Å². The highest BCUT2D eigenvalue weighted by molar-refractivity contribution is 7.89. The Morgan fingerprint density at radius 3 is 2.12 bits per heavy atom. The molecule has 142 valence electrons. The number of nitrogens with one attached hydrogen (secondary N) is 2. The number of carbonyl (C=O) groups is 2. The second kappa shape index (κ2) is 6.67. The van der Waals surface area contributed by atoms with E-state index in [9.17, 15) is 18.0 Å². The van der Waals surface area contributed by atoms with Crippen molar-refractivity contribution >= 4 is 45.0 Å².